The van der Waals surface area contributed by atoms with Crippen molar-refractivity contribution in [2.24, 2.45) is 16.7 Å². The molecule has 3 atom stereocenters. The molecule has 3 unspecified atom stereocenters. The summed E-state index contributed by atoms with van der Waals surface area (Å²) in [6.07, 6.45) is 44.4. The van der Waals surface area contributed by atoms with Gasteiger partial charge < -0.3 is 38.6 Å². The van der Waals surface area contributed by atoms with Crippen LogP contribution in [0.2, 0.25) is 0 Å². The van der Waals surface area contributed by atoms with Gasteiger partial charge in [0.2, 0.25) is 0 Å². The van der Waals surface area contributed by atoms with Gasteiger partial charge in [-0.1, -0.05) is 233 Å². The Morgan fingerprint density at radius 1 is 0.454 bits per heavy atom. The van der Waals surface area contributed by atoms with E-state index in [-0.39, 0.29) is 57.4 Å². The van der Waals surface area contributed by atoms with E-state index in [1.54, 1.807) is 50.2 Å². The average molecular weight is 1410 g/mol. The number of aliphatic hydroxyl groups is 2. The number of ether oxygens (including phenoxy) is 6. The third-order valence-electron chi connectivity index (χ3n) is 20.2. The first-order valence-electron chi connectivity index (χ1n) is 38.2. The summed E-state index contributed by atoms with van der Waals surface area (Å²) in [6.45, 7) is 12.3. The molecule has 3 aliphatic rings. The lowest BCUT2D eigenvalue weighted by Gasteiger charge is -2.28. The van der Waals surface area contributed by atoms with Crippen molar-refractivity contribution in [2.75, 3.05) is 72.6 Å². The van der Waals surface area contributed by atoms with Gasteiger partial charge in [-0.15, -0.1) is 55.5 Å². The van der Waals surface area contributed by atoms with Crippen LogP contribution >= 0.6 is 45.3 Å². The molecule has 8 heterocycles. The van der Waals surface area contributed by atoms with Gasteiger partial charge in [-0.3, -0.25) is 14.5 Å². The standard InChI is InChI=1S/C80H117N3O10S4/c1-5-9-13-17-21-24-26-29-33-37-45-88-54-79(52-84)56-90-65-50-94-75(73(65)92-58-79)69-43-41-67(96-69)71-61-47-63-64(78(87)83(77(63)86)49-60(39-35-31-20-16-12-8-4)40-36-32-28-23-19-15-11-7-3)48-62(61)72(82-81-71)68-42-44-70(97-68)76-74-66(51-95-76)91-57-80(53-85,59-93-74)55-89-46-38-34-30-27-25-22-18-14-10-6-2/h41-44,47-48,50-51,60,84-85H,5-40,45-46,49,52-59H2,1-4H3. The molecule has 0 saturated heterocycles. The number of rotatable bonds is 50. The molecular weight excluding hydrogens is 1290 g/mol. The fraction of sp³-hybridized carbons (Fsp3) is 0.675. The van der Waals surface area contributed by atoms with E-state index in [4.69, 9.17) is 38.6 Å². The van der Waals surface area contributed by atoms with Gasteiger partial charge in [-0.2, -0.15) is 0 Å². The molecule has 2 N–H and O–H groups in total. The second-order valence-electron chi connectivity index (χ2n) is 28.5. The van der Waals surface area contributed by atoms with Crippen LogP contribution in [0.25, 0.3) is 51.4 Å². The first kappa shape index (κ1) is 76.7. The molecule has 536 valence electrons. The predicted octanol–water partition coefficient (Wildman–Crippen LogP) is 22.4. The maximum Gasteiger partial charge on any atom is 0.261 e. The predicted molar refractivity (Wildman–Crippen MR) is 403 cm³/mol. The van der Waals surface area contributed by atoms with Crippen LogP contribution in [-0.4, -0.2) is 110 Å². The molecule has 97 heavy (non-hydrogen) atoms. The van der Waals surface area contributed by atoms with Crippen molar-refractivity contribution in [3.8, 4) is 63.6 Å². The van der Waals surface area contributed by atoms with Crippen molar-refractivity contribution in [1.82, 2.24) is 15.1 Å². The van der Waals surface area contributed by atoms with Crippen molar-refractivity contribution < 1.29 is 48.2 Å². The SMILES string of the molecule is CCCCCCCCCCCCOCC1(CO)COc2csc(-c3ccc(-c4nnc(-c5ccc(-c6scc7c6OCC(CO)(COCCCCCCCCCCCC)CO7)s5)c5cc6c(cc45)C(=O)N(CC(CCCCCCCC)CCCCCCCCCC)C6=O)s3)c2OC1. The van der Waals surface area contributed by atoms with Gasteiger partial charge in [-0.25, -0.2) is 0 Å². The van der Waals surface area contributed by atoms with Crippen LogP contribution in [0, 0.1) is 16.7 Å². The highest BCUT2D eigenvalue weighted by atomic mass is 32.1. The van der Waals surface area contributed by atoms with E-state index in [0.29, 0.717) is 78.5 Å². The van der Waals surface area contributed by atoms with Gasteiger partial charge in [0, 0.05) is 51.0 Å². The molecule has 0 spiro atoms. The molecule has 0 saturated carbocycles. The normalized spacial score (nSPS) is 17.2. The van der Waals surface area contributed by atoms with Crippen LogP contribution < -0.4 is 18.9 Å². The summed E-state index contributed by atoms with van der Waals surface area (Å²) >= 11 is 6.25. The number of unbranched alkanes of at least 4 members (excludes halogenated alkanes) is 30. The third-order valence-corrected chi connectivity index (χ3v) is 24.6. The topological polar surface area (TPSA) is 159 Å². The molecule has 0 radical (unpaired) electrons. The number of thiophene rings is 4. The average Bonchev–Trinajstić information content (AvgIpc) is 1.64. The summed E-state index contributed by atoms with van der Waals surface area (Å²) in [7, 11) is 0. The Morgan fingerprint density at radius 2 is 0.784 bits per heavy atom. The van der Waals surface area contributed by atoms with Gasteiger partial charge in [0.15, 0.2) is 23.0 Å². The van der Waals surface area contributed by atoms with Crippen LogP contribution in [0.3, 0.4) is 0 Å². The van der Waals surface area contributed by atoms with E-state index in [2.05, 4.69) is 52.0 Å². The Labute approximate surface area is 597 Å². The highest BCUT2D eigenvalue weighted by Gasteiger charge is 2.41. The fourth-order valence-electron chi connectivity index (χ4n) is 13.9. The van der Waals surface area contributed by atoms with E-state index < -0.39 is 10.8 Å². The molecule has 0 bridgehead atoms. The van der Waals surface area contributed by atoms with Gasteiger partial charge in [0.1, 0.15) is 37.8 Å². The van der Waals surface area contributed by atoms with E-state index in [1.165, 1.54) is 180 Å². The minimum absolute atomic E-state index is 0.123. The zero-order valence-electron chi connectivity index (χ0n) is 59.6. The molecule has 5 aromatic heterocycles. The lowest BCUT2D eigenvalue weighted by atomic mass is 9.92. The number of fused-ring (bicyclic) bond motifs is 4. The zero-order chi connectivity index (χ0) is 67.9. The Kier molecular flexibility index (Phi) is 32.8. The molecule has 6 aromatic rings. The minimum atomic E-state index is -0.706. The maximum absolute atomic E-state index is 15.0. The molecule has 17 heteroatoms. The van der Waals surface area contributed by atoms with E-state index in [0.717, 1.165) is 91.4 Å². The monoisotopic (exact) mass is 1410 g/mol. The number of carbonyl (C=O) groups excluding carboxylic acids is 2. The summed E-state index contributed by atoms with van der Waals surface area (Å²) in [6, 6.07) is 12.1. The molecule has 13 nitrogen and oxygen atoms in total. The third kappa shape index (κ3) is 22.0. The Balaban J connectivity index is 0.926. The fourth-order valence-corrected chi connectivity index (χ4v) is 18.0. The van der Waals surface area contributed by atoms with Crippen LogP contribution in [-0.2, 0) is 9.47 Å². The zero-order valence-corrected chi connectivity index (χ0v) is 62.8. The van der Waals surface area contributed by atoms with Crippen LogP contribution in [0.5, 0.6) is 23.0 Å². The molecule has 3 aliphatic heterocycles. The molecule has 9 rings (SSSR count). The number of nitrogens with zero attached hydrogens (tertiary/aromatic N) is 3. The first-order chi connectivity index (χ1) is 47.7. The lowest BCUT2D eigenvalue weighted by Crippen LogP contribution is -2.41. The number of benzene rings is 1. The molecule has 0 fully saturated rings. The number of carbonyl (C=O) groups is 2. The summed E-state index contributed by atoms with van der Waals surface area (Å²) in [4.78, 5) is 36.9. The Morgan fingerprint density at radius 3 is 1.14 bits per heavy atom. The van der Waals surface area contributed by atoms with Crippen LogP contribution in [0.1, 0.15) is 280 Å². The second-order valence-corrected chi connectivity index (χ2v) is 32.5. The number of aromatic nitrogens is 2. The van der Waals surface area contributed by atoms with Gasteiger partial charge >= 0.3 is 0 Å². The van der Waals surface area contributed by atoms with Crippen LogP contribution in [0.4, 0.5) is 0 Å². The summed E-state index contributed by atoms with van der Waals surface area (Å²) < 4.78 is 38.6. The summed E-state index contributed by atoms with van der Waals surface area (Å²) in [5.41, 5.74) is 0.642. The molecular formula is C80H117N3O10S4. The largest absolute Gasteiger partial charge is 0.488 e. The van der Waals surface area contributed by atoms with Crippen molar-refractivity contribution in [1.29, 1.82) is 0 Å². The van der Waals surface area contributed by atoms with Gasteiger partial charge in [-0.05, 0) is 68.0 Å². The van der Waals surface area contributed by atoms with E-state index in [1.807, 2.05) is 22.9 Å². The number of hydrogen-bond acceptors (Lipinski definition) is 16. The van der Waals surface area contributed by atoms with Crippen LogP contribution in [0.15, 0.2) is 47.2 Å². The van der Waals surface area contributed by atoms with Crippen molar-refractivity contribution in [3.63, 3.8) is 0 Å². The van der Waals surface area contributed by atoms with E-state index in [9.17, 15) is 19.8 Å². The Hall–Kier alpha value is -4.46. The lowest BCUT2D eigenvalue weighted by molar-refractivity contribution is -0.0383. The van der Waals surface area contributed by atoms with Gasteiger partial charge in [0.25, 0.3) is 11.8 Å². The molecule has 2 amide bonds. The first-order valence-corrected chi connectivity index (χ1v) is 41.6. The molecule has 1 aromatic carbocycles. The number of aliphatic hydroxyl groups excluding tert-OH is 2. The maximum atomic E-state index is 15.0. The quantitative estimate of drug-likeness (QED) is 0.0275. The molecule has 0 aliphatic carbocycles. The second kappa shape index (κ2) is 41.5. The highest BCUT2D eigenvalue weighted by molar-refractivity contribution is 7.24. The summed E-state index contributed by atoms with van der Waals surface area (Å²) in [5, 5.41) is 37.2. The van der Waals surface area contributed by atoms with Gasteiger partial charge in [0.05, 0.1) is 67.9 Å². The van der Waals surface area contributed by atoms with Crippen molar-refractivity contribution in [2.45, 2.75) is 259 Å². The number of amides is 2. The smallest absolute Gasteiger partial charge is 0.261 e. The highest BCUT2D eigenvalue weighted by Crippen LogP contribution is 2.52. The Bertz CT molecular complexity index is 3090. The number of hydrogen-bond donors (Lipinski definition) is 2. The van der Waals surface area contributed by atoms with E-state index >= 15 is 0 Å². The minimum Gasteiger partial charge on any atom is -0.488 e. The van der Waals surface area contributed by atoms with Crippen molar-refractivity contribution in [3.05, 3.63) is 58.3 Å². The van der Waals surface area contributed by atoms with Crippen molar-refractivity contribution >= 4 is 67.9 Å². The summed E-state index contributed by atoms with van der Waals surface area (Å²) in [5.74, 6) is 2.35. The number of imide groups is 1.